The van der Waals surface area contributed by atoms with Gasteiger partial charge in [0.2, 0.25) is 0 Å². The molecule has 2 aliphatic carbocycles. The second kappa shape index (κ2) is 21.7. The zero-order valence-electron chi connectivity index (χ0n) is 29.6. The Morgan fingerprint density at radius 2 is 1.16 bits per heavy atom. The van der Waals surface area contributed by atoms with Crippen molar-refractivity contribution in [2.45, 2.75) is 65.8 Å². The number of benzene rings is 2. The molecule has 0 spiro atoms. The van der Waals surface area contributed by atoms with Crippen LogP contribution in [0.2, 0.25) is 20.1 Å². The molecule has 0 bridgehead atoms. The first-order valence-electron chi connectivity index (χ1n) is 16.8. The molecule has 2 aromatic heterocycles. The zero-order valence-corrected chi connectivity index (χ0v) is 32.6. The third-order valence-corrected chi connectivity index (χ3v) is 9.60. The van der Waals surface area contributed by atoms with E-state index in [0.717, 1.165) is 31.2 Å². The molecule has 2 fully saturated rings. The third kappa shape index (κ3) is 15.1. The van der Waals surface area contributed by atoms with Crippen molar-refractivity contribution in [2.24, 2.45) is 25.9 Å². The number of nitrogens with zero attached hydrogens (tertiary/aromatic N) is 2. The highest BCUT2D eigenvalue weighted by Crippen LogP contribution is 2.37. The molecule has 2 aliphatic rings. The van der Waals surface area contributed by atoms with Gasteiger partial charge in [0.1, 0.15) is 40.5 Å². The van der Waals surface area contributed by atoms with Crippen LogP contribution in [0, 0.1) is 18.8 Å². The first kappa shape index (κ1) is 45.8. The smallest absolute Gasteiger partial charge is 0.387 e. The number of aryl methyl sites for hydroxylation is 2. The Morgan fingerprint density at radius 1 is 0.727 bits per heavy atom. The number of aliphatic hydroxyl groups is 1. The molecule has 55 heavy (non-hydrogen) atoms. The van der Waals surface area contributed by atoms with Gasteiger partial charge in [0.05, 0.1) is 19.3 Å². The van der Waals surface area contributed by atoms with Crippen molar-refractivity contribution in [3.05, 3.63) is 104 Å². The summed E-state index contributed by atoms with van der Waals surface area (Å²) in [6, 6.07) is 8.56. The predicted octanol–water partition coefficient (Wildman–Crippen LogP) is 10.1. The molecule has 1 unspecified atom stereocenters. The number of carbonyl (C=O) groups is 1. The van der Waals surface area contributed by atoms with E-state index in [1.165, 1.54) is 36.4 Å². The molecular formula is C39H44Cl4F4N2O6+2. The van der Waals surface area contributed by atoms with Gasteiger partial charge < -0.3 is 24.1 Å². The molecule has 0 radical (unpaired) electrons. The molecule has 0 aliphatic heterocycles. The molecular weight excluding hydrogens is 810 g/mol. The van der Waals surface area contributed by atoms with E-state index in [-0.39, 0.29) is 36.8 Å². The zero-order chi connectivity index (χ0) is 39.5. The average Bonchev–Trinajstić information content (AvgIpc) is 4.04. The first-order valence-corrected chi connectivity index (χ1v) is 18.3. The van der Waals surface area contributed by atoms with Crippen LogP contribution >= 0.6 is 46.4 Å². The molecule has 6 rings (SSSR count). The molecule has 1 N–H and O–H groups in total. The highest BCUT2D eigenvalue weighted by molar-refractivity contribution is 6.36. The van der Waals surface area contributed by atoms with Crippen molar-refractivity contribution >= 4 is 52.7 Å². The fourth-order valence-corrected chi connectivity index (χ4v) is 6.07. The monoisotopic (exact) mass is 852 g/mol. The molecule has 4 aromatic rings. The van der Waals surface area contributed by atoms with Crippen LogP contribution < -0.4 is 28.1 Å². The summed E-state index contributed by atoms with van der Waals surface area (Å²) < 4.78 is 73.0. The fourth-order valence-electron chi connectivity index (χ4n) is 4.80. The Bertz CT molecular complexity index is 1840. The average molecular weight is 855 g/mol. The molecule has 2 heterocycles. The van der Waals surface area contributed by atoms with Crippen LogP contribution in [0.4, 0.5) is 17.6 Å². The molecule has 0 amide bonds. The number of aldehydes is 1. The SMILES string of the molecule is C.C[n+]1cc(Cl)c(CC(O)c2ccc(OC(F)F)c(OCC3CC3)c2)c(Cl)c1.Cc1c(Cl)c[n+](C)cc1Cl.O=Cc1ccc(OC(F)F)c(OCC2CC2)c1. The van der Waals surface area contributed by atoms with E-state index in [4.69, 9.17) is 55.9 Å². The van der Waals surface area contributed by atoms with Gasteiger partial charge in [0.15, 0.2) is 47.8 Å². The van der Waals surface area contributed by atoms with Gasteiger partial charge >= 0.3 is 13.2 Å². The topological polar surface area (TPSA) is 82.0 Å². The third-order valence-electron chi connectivity index (χ3n) is 8.19. The lowest BCUT2D eigenvalue weighted by Crippen LogP contribution is -2.27. The maximum atomic E-state index is 12.6. The minimum Gasteiger partial charge on any atom is -0.489 e. The van der Waals surface area contributed by atoms with Crippen molar-refractivity contribution in [2.75, 3.05) is 13.2 Å². The van der Waals surface area contributed by atoms with Crippen molar-refractivity contribution < 1.29 is 55.5 Å². The number of alkyl halides is 4. The number of hydrogen-bond donors (Lipinski definition) is 1. The number of pyridine rings is 2. The highest BCUT2D eigenvalue weighted by atomic mass is 35.5. The molecule has 1 atom stereocenters. The molecule has 2 aromatic carbocycles. The number of carbonyl (C=O) groups excluding carboxylic acids is 1. The number of rotatable bonds is 14. The Hall–Kier alpha value is -3.55. The van der Waals surface area contributed by atoms with Crippen LogP contribution in [-0.2, 0) is 20.5 Å². The van der Waals surface area contributed by atoms with Gasteiger partial charge in [-0.25, -0.2) is 9.13 Å². The molecule has 8 nitrogen and oxygen atoms in total. The summed E-state index contributed by atoms with van der Waals surface area (Å²) in [5, 5.41) is 12.9. The summed E-state index contributed by atoms with van der Waals surface area (Å²) >= 11 is 24.1. The molecule has 2 saturated carbocycles. The Labute approximate surface area is 338 Å². The summed E-state index contributed by atoms with van der Waals surface area (Å²) in [6.45, 7) is -3.05. The van der Waals surface area contributed by atoms with Crippen molar-refractivity contribution in [3.8, 4) is 23.0 Å². The Morgan fingerprint density at radius 3 is 1.60 bits per heavy atom. The Kier molecular flexibility index (Phi) is 18.1. The van der Waals surface area contributed by atoms with E-state index in [0.29, 0.717) is 68.1 Å². The van der Waals surface area contributed by atoms with E-state index in [9.17, 15) is 27.5 Å². The summed E-state index contributed by atoms with van der Waals surface area (Å²) in [7, 11) is 3.68. The second-order valence-electron chi connectivity index (χ2n) is 12.9. The van der Waals surface area contributed by atoms with Crippen LogP contribution in [0.1, 0.15) is 66.3 Å². The molecule has 300 valence electrons. The van der Waals surface area contributed by atoms with Crippen LogP contribution in [-0.4, -0.2) is 37.8 Å². The highest BCUT2D eigenvalue weighted by Gasteiger charge is 2.25. The number of aromatic nitrogens is 2. The second-order valence-corrected chi connectivity index (χ2v) is 14.5. The van der Waals surface area contributed by atoms with Crippen LogP contribution in [0.5, 0.6) is 23.0 Å². The standard InChI is InChI=1S/C19H20Cl2F2NO3.C12H12F2O3.C7H8Cl2N.CH4/c1-24-8-14(20)13(15(21)9-24)7-16(25)12-4-5-17(27-19(22)23)18(6-12)26-10-11-2-3-11;13-12(14)17-10-4-3-9(6-15)5-11(10)16-7-8-1-2-8;1-5-6(8)3-10(2)4-7(5)9;/h4-6,8-9,11,16,19,25H,2-3,7,10H2,1H3;3-6,8,12H,1-2,7H2;3-4H,1-2H3;1H4/q+1;;+1;. The van der Waals surface area contributed by atoms with Crippen LogP contribution in [0.3, 0.4) is 0 Å². The van der Waals surface area contributed by atoms with E-state index in [1.807, 2.05) is 30.9 Å². The minimum absolute atomic E-state index is 0. The molecule has 16 heteroatoms. The summed E-state index contributed by atoms with van der Waals surface area (Å²) in [5.41, 5.74) is 2.42. The molecule has 0 saturated heterocycles. The lowest BCUT2D eigenvalue weighted by molar-refractivity contribution is -0.671. The normalized spacial score (nSPS) is 13.8. The van der Waals surface area contributed by atoms with Gasteiger partial charge in [-0.2, -0.15) is 17.6 Å². The van der Waals surface area contributed by atoms with Gasteiger partial charge in [-0.3, -0.25) is 4.79 Å². The number of halogens is 8. The largest absolute Gasteiger partial charge is 0.489 e. The lowest BCUT2D eigenvalue weighted by atomic mass is 10.0. The van der Waals surface area contributed by atoms with E-state index >= 15 is 0 Å². The minimum atomic E-state index is -2.95. The van der Waals surface area contributed by atoms with Gasteiger partial charge in [-0.1, -0.05) is 59.9 Å². The first-order chi connectivity index (χ1) is 25.6. The van der Waals surface area contributed by atoms with Crippen molar-refractivity contribution in [3.63, 3.8) is 0 Å². The quantitative estimate of drug-likeness (QED) is 0.0773. The lowest BCUT2D eigenvalue weighted by Gasteiger charge is -2.17. The van der Waals surface area contributed by atoms with Gasteiger partial charge in [-0.05, 0) is 85.9 Å². The van der Waals surface area contributed by atoms with E-state index in [1.54, 1.807) is 24.0 Å². The van der Waals surface area contributed by atoms with Gasteiger partial charge in [0.25, 0.3) is 0 Å². The predicted molar refractivity (Wildman–Crippen MR) is 203 cm³/mol. The summed E-state index contributed by atoms with van der Waals surface area (Å²) in [5.74, 6) is 1.24. The maximum absolute atomic E-state index is 12.6. The number of aliphatic hydroxyl groups excluding tert-OH is 1. The van der Waals surface area contributed by atoms with E-state index < -0.39 is 19.3 Å². The van der Waals surface area contributed by atoms with Crippen LogP contribution in [0.25, 0.3) is 0 Å². The van der Waals surface area contributed by atoms with Gasteiger partial charge in [-0.15, -0.1) is 0 Å². The fraction of sp³-hybridized carbons (Fsp3) is 0.410. The van der Waals surface area contributed by atoms with E-state index in [2.05, 4.69) is 9.47 Å². The maximum Gasteiger partial charge on any atom is 0.387 e. The van der Waals surface area contributed by atoms with Gasteiger partial charge in [0, 0.05) is 17.5 Å². The summed E-state index contributed by atoms with van der Waals surface area (Å²) in [4.78, 5) is 10.6. The number of ether oxygens (including phenoxy) is 4. The van der Waals surface area contributed by atoms with Crippen molar-refractivity contribution in [1.29, 1.82) is 0 Å². The number of hydrogen-bond acceptors (Lipinski definition) is 6. The Balaban J connectivity index is 0.000000247. The van der Waals surface area contributed by atoms with Crippen molar-refractivity contribution in [1.82, 2.24) is 0 Å². The van der Waals surface area contributed by atoms with Crippen LogP contribution in [0.15, 0.2) is 61.2 Å². The summed E-state index contributed by atoms with van der Waals surface area (Å²) in [6.07, 6.45) is 11.2.